The number of amides is 2. The number of hydrogen-bond donors (Lipinski definition) is 1. The average molecular weight is 507 g/mol. The minimum Gasteiger partial charge on any atom is -0.353 e. The topological polar surface area (TPSA) is 62.3 Å². The van der Waals surface area contributed by atoms with Gasteiger partial charge in [-0.05, 0) is 55.2 Å². The second kappa shape index (κ2) is 14.3. The molecular formula is C27H37Cl2N3O2. The van der Waals surface area contributed by atoms with Gasteiger partial charge >= 0.3 is 0 Å². The molecule has 2 heterocycles. The molecule has 1 aliphatic carbocycles. The first kappa shape index (κ1) is 28.1. The zero-order valence-electron chi connectivity index (χ0n) is 19.7. The molecule has 0 spiro atoms. The van der Waals surface area contributed by atoms with E-state index < -0.39 is 0 Å². The summed E-state index contributed by atoms with van der Waals surface area (Å²) in [5.41, 5.74) is 2.23. The van der Waals surface area contributed by atoms with Gasteiger partial charge in [0.05, 0.1) is 5.92 Å². The molecule has 0 bridgehead atoms. The number of halogens is 2. The Morgan fingerprint density at radius 1 is 0.941 bits per heavy atom. The van der Waals surface area contributed by atoms with Gasteiger partial charge < -0.3 is 10.2 Å². The van der Waals surface area contributed by atoms with Crippen molar-refractivity contribution in [3.05, 3.63) is 66.0 Å². The predicted molar refractivity (Wildman–Crippen MR) is 141 cm³/mol. The van der Waals surface area contributed by atoms with Gasteiger partial charge in [0.25, 0.3) is 0 Å². The summed E-state index contributed by atoms with van der Waals surface area (Å²) in [7, 11) is 0. The highest BCUT2D eigenvalue weighted by atomic mass is 35.5. The second-order valence-corrected chi connectivity index (χ2v) is 9.31. The van der Waals surface area contributed by atoms with E-state index in [0.29, 0.717) is 12.3 Å². The molecule has 1 aliphatic heterocycles. The smallest absolute Gasteiger partial charge is 0.228 e. The van der Waals surface area contributed by atoms with E-state index in [1.807, 2.05) is 41.4 Å². The van der Waals surface area contributed by atoms with Gasteiger partial charge in [0, 0.05) is 37.9 Å². The molecule has 1 saturated heterocycles. The minimum atomic E-state index is -0.0596. The van der Waals surface area contributed by atoms with Gasteiger partial charge in [-0.15, -0.1) is 24.8 Å². The lowest BCUT2D eigenvalue weighted by molar-refractivity contribution is -0.132. The van der Waals surface area contributed by atoms with E-state index in [1.165, 1.54) is 19.3 Å². The molecule has 186 valence electrons. The lowest BCUT2D eigenvalue weighted by Crippen LogP contribution is -2.48. The predicted octanol–water partition coefficient (Wildman–Crippen LogP) is 5.33. The van der Waals surface area contributed by atoms with Crippen molar-refractivity contribution in [3.63, 3.8) is 0 Å². The van der Waals surface area contributed by atoms with Crippen LogP contribution in [0.25, 0.3) is 0 Å². The Hall–Kier alpha value is -2.11. The van der Waals surface area contributed by atoms with Crippen LogP contribution in [0.3, 0.4) is 0 Å². The molecular weight excluding hydrogens is 469 g/mol. The summed E-state index contributed by atoms with van der Waals surface area (Å²) < 4.78 is 0. The van der Waals surface area contributed by atoms with Gasteiger partial charge in [-0.3, -0.25) is 14.6 Å². The standard InChI is InChI=1S/C27H35N3O2.2ClH/c31-25(14-13-21-8-7-17-28-20-21)30-18-15-24(16-19-30)29-27(32)26(22-9-3-1-4-10-22)23-11-5-2-6-12-23;;/h1,3-4,7-10,17,20,23-24,26H,2,5-6,11-16,18-19H2,(H,29,32);2*1H. The van der Waals surface area contributed by atoms with Crippen LogP contribution in [-0.2, 0) is 16.0 Å². The van der Waals surface area contributed by atoms with Crippen LogP contribution >= 0.6 is 24.8 Å². The Morgan fingerprint density at radius 3 is 2.29 bits per heavy atom. The maximum Gasteiger partial charge on any atom is 0.228 e. The maximum atomic E-state index is 13.4. The second-order valence-electron chi connectivity index (χ2n) is 9.31. The molecule has 2 fully saturated rings. The minimum absolute atomic E-state index is 0. The van der Waals surface area contributed by atoms with E-state index >= 15 is 0 Å². The highest BCUT2D eigenvalue weighted by Crippen LogP contribution is 2.36. The lowest BCUT2D eigenvalue weighted by atomic mass is 9.76. The number of aryl methyl sites for hydroxylation is 1. The Kier molecular flexibility index (Phi) is 11.9. The first-order valence-corrected chi connectivity index (χ1v) is 12.2. The summed E-state index contributed by atoms with van der Waals surface area (Å²) in [5, 5.41) is 3.35. The number of piperidine rings is 1. The number of carbonyl (C=O) groups is 2. The summed E-state index contributed by atoms with van der Waals surface area (Å²) in [6, 6.07) is 14.4. The summed E-state index contributed by atoms with van der Waals surface area (Å²) in [5.74, 6) is 0.739. The zero-order valence-corrected chi connectivity index (χ0v) is 21.4. The normalized spacial score (nSPS) is 17.7. The van der Waals surface area contributed by atoms with Crippen molar-refractivity contribution < 1.29 is 9.59 Å². The van der Waals surface area contributed by atoms with Crippen LogP contribution in [-0.4, -0.2) is 40.8 Å². The molecule has 1 aromatic carbocycles. The fraction of sp³-hybridized carbons (Fsp3) is 0.519. The monoisotopic (exact) mass is 505 g/mol. The van der Waals surface area contributed by atoms with Gasteiger partial charge in [0.2, 0.25) is 11.8 Å². The van der Waals surface area contributed by atoms with Gasteiger partial charge in [0.1, 0.15) is 0 Å². The molecule has 34 heavy (non-hydrogen) atoms. The van der Waals surface area contributed by atoms with Crippen LogP contribution in [0.15, 0.2) is 54.9 Å². The van der Waals surface area contributed by atoms with Crippen molar-refractivity contribution in [1.82, 2.24) is 15.2 Å². The number of benzene rings is 1. The molecule has 2 aromatic rings. The van der Waals surface area contributed by atoms with Crippen LogP contribution in [0.5, 0.6) is 0 Å². The first-order chi connectivity index (χ1) is 15.7. The van der Waals surface area contributed by atoms with Gasteiger partial charge in [-0.2, -0.15) is 0 Å². The van der Waals surface area contributed by atoms with E-state index in [-0.39, 0.29) is 48.6 Å². The molecule has 2 amide bonds. The summed E-state index contributed by atoms with van der Waals surface area (Å²) in [6.45, 7) is 1.44. The van der Waals surface area contributed by atoms with E-state index in [9.17, 15) is 9.59 Å². The Balaban J connectivity index is 0.00000204. The summed E-state index contributed by atoms with van der Waals surface area (Å²) in [6.07, 6.45) is 12.5. The van der Waals surface area contributed by atoms with Crippen molar-refractivity contribution in [2.75, 3.05) is 13.1 Å². The van der Waals surface area contributed by atoms with Crippen molar-refractivity contribution in [1.29, 1.82) is 0 Å². The number of nitrogens with one attached hydrogen (secondary N) is 1. The molecule has 4 rings (SSSR count). The van der Waals surface area contributed by atoms with Gasteiger partial charge in [-0.1, -0.05) is 55.7 Å². The number of carbonyl (C=O) groups excluding carboxylic acids is 2. The third-order valence-corrected chi connectivity index (χ3v) is 7.11. The van der Waals surface area contributed by atoms with Crippen LogP contribution in [0.4, 0.5) is 0 Å². The number of likely N-dealkylation sites (tertiary alicyclic amines) is 1. The lowest BCUT2D eigenvalue weighted by Gasteiger charge is -2.35. The van der Waals surface area contributed by atoms with Gasteiger partial charge in [-0.25, -0.2) is 0 Å². The highest BCUT2D eigenvalue weighted by molar-refractivity contribution is 5.86. The molecule has 1 saturated carbocycles. The number of pyridine rings is 1. The van der Waals surface area contributed by atoms with Crippen molar-refractivity contribution in [2.24, 2.45) is 5.92 Å². The van der Waals surface area contributed by atoms with Gasteiger partial charge in [0.15, 0.2) is 0 Å². The summed E-state index contributed by atoms with van der Waals surface area (Å²) in [4.78, 5) is 32.1. The van der Waals surface area contributed by atoms with Crippen molar-refractivity contribution >= 4 is 36.6 Å². The van der Waals surface area contributed by atoms with E-state index in [2.05, 4.69) is 22.4 Å². The molecule has 1 unspecified atom stereocenters. The average Bonchev–Trinajstić information content (AvgIpc) is 2.85. The number of aromatic nitrogens is 1. The molecule has 0 radical (unpaired) electrons. The van der Waals surface area contributed by atoms with E-state index in [0.717, 1.165) is 56.3 Å². The van der Waals surface area contributed by atoms with Crippen molar-refractivity contribution in [3.8, 4) is 0 Å². The van der Waals surface area contributed by atoms with Crippen LogP contribution in [0.2, 0.25) is 0 Å². The Morgan fingerprint density at radius 2 is 1.65 bits per heavy atom. The zero-order chi connectivity index (χ0) is 22.2. The SMILES string of the molecule is Cl.Cl.O=C(NC1CCN(C(=O)CCc2cccnc2)CC1)C(c1ccccc1)C1CCCCC1. The van der Waals surface area contributed by atoms with Crippen LogP contribution in [0.1, 0.15) is 68.4 Å². The molecule has 7 heteroatoms. The fourth-order valence-corrected chi connectivity index (χ4v) is 5.29. The third-order valence-electron chi connectivity index (χ3n) is 7.11. The molecule has 1 aromatic heterocycles. The largest absolute Gasteiger partial charge is 0.353 e. The first-order valence-electron chi connectivity index (χ1n) is 12.2. The van der Waals surface area contributed by atoms with Crippen molar-refractivity contribution in [2.45, 2.75) is 69.7 Å². The molecule has 1 N–H and O–H groups in total. The number of nitrogens with zero attached hydrogens (tertiary/aromatic N) is 2. The Labute approximate surface area is 215 Å². The summed E-state index contributed by atoms with van der Waals surface area (Å²) >= 11 is 0. The fourth-order valence-electron chi connectivity index (χ4n) is 5.29. The Bertz CT molecular complexity index is 868. The van der Waals surface area contributed by atoms with E-state index in [4.69, 9.17) is 0 Å². The van der Waals surface area contributed by atoms with E-state index in [1.54, 1.807) is 6.20 Å². The quantitative estimate of drug-likeness (QED) is 0.552. The highest BCUT2D eigenvalue weighted by Gasteiger charge is 2.33. The van der Waals surface area contributed by atoms with Crippen LogP contribution < -0.4 is 5.32 Å². The van der Waals surface area contributed by atoms with Crippen LogP contribution in [0, 0.1) is 5.92 Å². The number of rotatable bonds is 7. The molecule has 2 aliphatic rings. The number of hydrogen-bond acceptors (Lipinski definition) is 3. The maximum absolute atomic E-state index is 13.4. The molecule has 1 atom stereocenters. The molecule has 5 nitrogen and oxygen atoms in total. The third kappa shape index (κ3) is 7.71.